The quantitative estimate of drug-likeness (QED) is 0.824. The molecule has 0 aliphatic carbocycles. The maximum absolute atomic E-state index is 13.0. The first-order valence-electron chi connectivity index (χ1n) is 9.00. The number of fused-ring (bicyclic) bond motifs is 1. The lowest BCUT2D eigenvalue weighted by Crippen LogP contribution is -2.57. The summed E-state index contributed by atoms with van der Waals surface area (Å²) in [6.45, 7) is 3.67. The minimum Gasteiger partial charge on any atom is -0.383 e. The van der Waals surface area contributed by atoms with E-state index in [9.17, 15) is 9.59 Å². The van der Waals surface area contributed by atoms with Crippen LogP contribution in [0.3, 0.4) is 0 Å². The van der Waals surface area contributed by atoms with Crippen molar-refractivity contribution in [3.63, 3.8) is 0 Å². The number of likely N-dealkylation sites (tertiary alicyclic amines) is 2. The molecule has 2 aliphatic rings. The molecule has 1 aromatic heterocycles. The molecule has 25 heavy (non-hydrogen) atoms. The summed E-state index contributed by atoms with van der Waals surface area (Å²) in [5.74, 6) is 0.0946. The molecule has 2 fully saturated rings. The van der Waals surface area contributed by atoms with Gasteiger partial charge in [0.25, 0.3) is 5.91 Å². The second kappa shape index (κ2) is 7.91. The smallest absolute Gasteiger partial charge is 0.274 e. The molecule has 3 rings (SSSR count). The summed E-state index contributed by atoms with van der Waals surface area (Å²) in [5.41, 5.74) is 1.17. The van der Waals surface area contributed by atoms with Gasteiger partial charge in [-0.1, -0.05) is 0 Å². The summed E-state index contributed by atoms with van der Waals surface area (Å²) in [6, 6.07) is 0.119. The van der Waals surface area contributed by atoms with Crippen molar-refractivity contribution >= 4 is 11.8 Å². The number of rotatable bonds is 4. The summed E-state index contributed by atoms with van der Waals surface area (Å²) in [5, 5.41) is 0. The molecule has 2 atom stereocenters. The molecular weight excluding hydrogens is 320 g/mol. The Balaban J connectivity index is 1.82. The van der Waals surface area contributed by atoms with Crippen LogP contribution in [0.15, 0.2) is 12.4 Å². The zero-order valence-corrected chi connectivity index (χ0v) is 15.0. The number of ether oxygens (including phenoxy) is 1. The Morgan fingerprint density at radius 3 is 2.76 bits per heavy atom. The number of amides is 2. The van der Waals surface area contributed by atoms with Crippen molar-refractivity contribution in [1.29, 1.82) is 0 Å². The van der Waals surface area contributed by atoms with Crippen molar-refractivity contribution in [1.82, 2.24) is 19.8 Å². The lowest BCUT2D eigenvalue weighted by Gasteiger charge is -2.44. The average Bonchev–Trinajstić information content (AvgIpc) is 2.78. The van der Waals surface area contributed by atoms with Gasteiger partial charge in [0.15, 0.2) is 0 Å². The Kier molecular flexibility index (Phi) is 5.63. The van der Waals surface area contributed by atoms with E-state index < -0.39 is 0 Å². The fourth-order valence-electron chi connectivity index (χ4n) is 3.92. The van der Waals surface area contributed by atoms with Crippen molar-refractivity contribution in [3.05, 3.63) is 23.8 Å². The molecule has 2 saturated heterocycles. The van der Waals surface area contributed by atoms with Crippen LogP contribution in [0.2, 0.25) is 0 Å². The number of piperidine rings is 1. The van der Waals surface area contributed by atoms with Crippen LogP contribution in [-0.4, -0.2) is 70.5 Å². The number of carbonyl (C=O) groups excluding carboxylic acids is 2. The molecule has 3 heterocycles. The minimum atomic E-state index is -0.0803. The zero-order chi connectivity index (χ0) is 17.8. The van der Waals surface area contributed by atoms with E-state index in [1.165, 1.54) is 0 Å². The van der Waals surface area contributed by atoms with Gasteiger partial charge in [0.1, 0.15) is 5.69 Å². The van der Waals surface area contributed by atoms with Gasteiger partial charge in [-0.3, -0.25) is 14.6 Å². The molecule has 0 N–H and O–H groups in total. The molecule has 7 heteroatoms. The lowest BCUT2D eigenvalue weighted by atomic mass is 9.92. The highest BCUT2D eigenvalue weighted by molar-refractivity contribution is 5.92. The lowest BCUT2D eigenvalue weighted by molar-refractivity contribution is -0.135. The van der Waals surface area contributed by atoms with Crippen LogP contribution in [0.1, 0.15) is 48.3 Å². The van der Waals surface area contributed by atoms with Crippen LogP contribution in [0.5, 0.6) is 0 Å². The van der Waals surface area contributed by atoms with Crippen LogP contribution in [0.25, 0.3) is 0 Å². The largest absolute Gasteiger partial charge is 0.383 e. The molecule has 0 aromatic carbocycles. The van der Waals surface area contributed by atoms with E-state index in [1.807, 2.05) is 16.7 Å². The molecule has 2 aliphatic heterocycles. The molecular formula is C18H26N4O3. The third-order valence-corrected chi connectivity index (χ3v) is 5.15. The molecule has 0 unspecified atom stereocenters. The third kappa shape index (κ3) is 3.81. The van der Waals surface area contributed by atoms with Gasteiger partial charge in [0.2, 0.25) is 5.91 Å². The zero-order valence-electron chi connectivity index (χ0n) is 15.0. The predicted octanol–water partition coefficient (Wildman–Crippen LogP) is 1.42. The molecule has 0 bridgehead atoms. The average molecular weight is 346 g/mol. The van der Waals surface area contributed by atoms with Crippen LogP contribution in [0, 0.1) is 6.92 Å². The Labute approximate surface area is 148 Å². The van der Waals surface area contributed by atoms with E-state index >= 15 is 0 Å². The Hall–Kier alpha value is -2.02. The van der Waals surface area contributed by atoms with E-state index in [2.05, 4.69) is 9.97 Å². The van der Waals surface area contributed by atoms with Gasteiger partial charge in [-0.15, -0.1) is 0 Å². The molecule has 1 aromatic rings. The first-order valence-corrected chi connectivity index (χ1v) is 9.00. The summed E-state index contributed by atoms with van der Waals surface area (Å²) >= 11 is 0. The molecule has 0 radical (unpaired) electrons. The number of carbonyl (C=O) groups is 2. The number of aryl methyl sites for hydroxylation is 1. The fourth-order valence-corrected chi connectivity index (χ4v) is 3.92. The Morgan fingerprint density at radius 1 is 1.24 bits per heavy atom. The first kappa shape index (κ1) is 17.8. The van der Waals surface area contributed by atoms with Gasteiger partial charge >= 0.3 is 0 Å². The normalized spacial score (nSPS) is 24.0. The fraction of sp³-hybridized carbons (Fsp3) is 0.667. The van der Waals surface area contributed by atoms with Gasteiger partial charge in [-0.25, -0.2) is 4.98 Å². The maximum Gasteiger partial charge on any atom is 0.274 e. The second-order valence-electron chi connectivity index (χ2n) is 6.79. The van der Waals surface area contributed by atoms with E-state index in [0.717, 1.165) is 31.4 Å². The minimum absolute atomic E-state index is 0.0488. The van der Waals surface area contributed by atoms with Crippen LogP contribution in [0.4, 0.5) is 0 Å². The van der Waals surface area contributed by atoms with Crippen LogP contribution in [-0.2, 0) is 9.53 Å². The van der Waals surface area contributed by atoms with Crippen molar-refractivity contribution in [2.45, 2.75) is 51.1 Å². The Bertz CT molecular complexity index is 619. The summed E-state index contributed by atoms with van der Waals surface area (Å²) in [6.07, 6.45) is 7.20. The van der Waals surface area contributed by atoms with Crippen molar-refractivity contribution in [3.8, 4) is 0 Å². The van der Waals surface area contributed by atoms with Crippen molar-refractivity contribution < 1.29 is 14.3 Å². The summed E-state index contributed by atoms with van der Waals surface area (Å²) in [7, 11) is 1.65. The number of hydrogen-bond acceptors (Lipinski definition) is 5. The standard InChI is InChI=1S/C18H26N4O3/c1-13-11-20-14(12-19-13)18(24)22-8-4-6-15-16(22)5-3-7-17(23)21(15)9-10-25-2/h11-12,15-16H,3-10H2,1-2H3/t15-,16-/m1/s1. The highest BCUT2D eigenvalue weighted by Gasteiger charge is 2.41. The molecule has 2 amide bonds. The van der Waals surface area contributed by atoms with Crippen molar-refractivity contribution in [2.24, 2.45) is 0 Å². The van der Waals surface area contributed by atoms with Gasteiger partial charge in [-0.05, 0) is 32.6 Å². The first-order chi connectivity index (χ1) is 12.1. The van der Waals surface area contributed by atoms with Crippen LogP contribution < -0.4 is 0 Å². The molecule has 136 valence electrons. The predicted molar refractivity (Wildman–Crippen MR) is 92.1 cm³/mol. The number of aromatic nitrogens is 2. The van der Waals surface area contributed by atoms with E-state index in [0.29, 0.717) is 31.8 Å². The number of nitrogens with zero attached hydrogens (tertiary/aromatic N) is 4. The molecule has 0 spiro atoms. The van der Waals surface area contributed by atoms with Gasteiger partial charge < -0.3 is 14.5 Å². The number of methoxy groups -OCH3 is 1. The Morgan fingerprint density at radius 2 is 2.04 bits per heavy atom. The SMILES string of the molecule is COCCN1C(=O)CCC[C@@H]2[C@H]1CCCN2C(=O)c1cnc(C)cn1. The van der Waals surface area contributed by atoms with Gasteiger partial charge in [0, 0.05) is 32.8 Å². The third-order valence-electron chi connectivity index (χ3n) is 5.15. The number of hydrogen-bond donors (Lipinski definition) is 0. The monoisotopic (exact) mass is 346 g/mol. The molecule has 0 saturated carbocycles. The maximum atomic E-state index is 13.0. The highest BCUT2D eigenvalue weighted by Crippen LogP contribution is 2.30. The second-order valence-corrected chi connectivity index (χ2v) is 6.79. The van der Waals surface area contributed by atoms with E-state index in [1.54, 1.807) is 19.5 Å². The van der Waals surface area contributed by atoms with Crippen LogP contribution >= 0.6 is 0 Å². The van der Waals surface area contributed by atoms with E-state index in [-0.39, 0.29) is 23.9 Å². The molecule has 7 nitrogen and oxygen atoms in total. The highest BCUT2D eigenvalue weighted by atomic mass is 16.5. The summed E-state index contributed by atoms with van der Waals surface area (Å²) < 4.78 is 5.18. The van der Waals surface area contributed by atoms with Crippen molar-refractivity contribution in [2.75, 3.05) is 26.8 Å². The van der Waals surface area contributed by atoms with E-state index in [4.69, 9.17) is 4.74 Å². The summed E-state index contributed by atoms with van der Waals surface area (Å²) in [4.78, 5) is 37.8. The topological polar surface area (TPSA) is 75.6 Å². The van der Waals surface area contributed by atoms with Gasteiger partial charge in [-0.2, -0.15) is 0 Å². The van der Waals surface area contributed by atoms with Gasteiger partial charge in [0.05, 0.1) is 30.6 Å².